The second-order valence-corrected chi connectivity index (χ2v) is 6.87. The fourth-order valence-electron chi connectivity index (χ4n) is 4.50. The third-order valence-corrected chi connectivity index (χ3v) is 5.73. The Kier molecular flexibility index (Phi) is 3.16. The molecule has 0 bridgehead atoms. The second-order valence-electron chi connectivity index (χ2n) is 6.87. The third kappa shape index (κ3) is 1.77. The Balaban J connectivity index is 2.37. The Morgan fingerprint density at radius 2 is 1.94 bits per heavy atom. The summed E-state index contributed by atoms with van der Waals surface area (Å²) < 4.78 is 0. The lowest BCUT2D eigenvalue weighted by Crippen LogP contribution is -2.55. The molecule has 2 aliphatic rings. The van der Waals surface area contributed by atoms with Crippen molar-refractivity contribution in [2.45, 2.75) is 52.6 Å². The molecule has 2 N–H and O–H groups in total. The van der Waals surface area contributed by atoms with E-state index >= 15 is 0 Å². The summed E-state index contributed by atoms with van der Waals surface area (Å²) in [4.78, 5) is 0. The smallest absolute Gasteiger partial charge is 0.0594 e. The van der Waals surface area contributed by atoms with E-state index in [1.807, 2.05) is 0 Å². The van der Waals surface area contributed by atoms with Crippen LogP contribution in [-0.2, 0) is 0 Å². The zero-order valence-electron chi connectivity index (χ0n) is 11.4. The Labute approximate surface area is 105 Å². The highest BCUT2D eigenvalue weighted by atomic mass is 16.3. The van der Waals surface area contributed by atoms with Crippen LogP contribution in [0, 0.1) is 22.7 Å². The minimum Gasteiger partial charge on any atom is -0.396 e. The maximum absolute atomic E-state index is 10.2. The van der Waals surface area contributed by atoms with Gasteiger partial charge < -0.3 is 10.2 Å². The maximum atomic E-state index is 10.2. The first-order valence-corrected chi connectivity index (χ1v) is 6.80. The summed E-state index contributed by atoms with van der Waals surface area (Å²) in [6, 6.07) is 0. The molecule has 0 aliphatic heterocycles. The highest BCUT2D eigenvalue weighted by molar-refractivity contribution is 5.16. The molecular formula is C15H26O2. The lowest BCUT2D eigenvalue weighted by atomic mass is 9.47. The van der Waals surface area contributed by atoms with E-state index in [-0.39, 0.29) is 29.5 Å². The zero-order chi connectivity index (χ0) is 12.8. The first-order valence-electron chi connectivity index (χ1n) is 6.80. The molecule has 0 aromatic rings. The van der Waals surface area contributed by atoms with Gasteiger partial charge >= 0.3 is 0 Å². The van der Waals surface area contributed by atoms with E-state index in [0.717, 1.165) is 25.7 Å². The quantitative estimate of drug-likeness (QED) is 0.690. The number of rotatable bonds is 1. The molecule has 0 aromatic carbocycles. The number of fused-ring (bicyclic) bond motifs is 1. The van der Waals surface area contributed by atoms with Gasteiger partial charge in [-0.05, 0) is 42.4 Å². The molecule has 2 saturated carbocycles. The first kappa shape index (κ1) is 13.1. The Morgan fingerprint density at radius 1 is 1.29 bits per heavy atom. The molecule has 0 amide bonds. The fraction of sp³-hybridized carbons (Fsp3) is 0.867. The summed E-state index contributed by atoms with van der Waals surface area (Å²) in [6.07, 6.45) is 3.76. The molecule has 4 atom stereocenters. The van der Waals surface area contributed by atoms with E-state index in [1.54, 1.807) is 0 Å². The SMILES string of the molecule is C=C1CCC2C(C)(C)C(O)CCC2(C)C1CO. The van der Waals surface area contributed by atoms with Gasteiger partial charge in [0.25, 0.3) is 0 Å². The predicted octanol–water partition coefficient (Wildman–Crippen LogP) is 2.75. The fourth-order valence-corrected chi connectivity index (χ4v) is 4.50. The average Bonchev–Trinajstić information content (AvgIpc) is 2.24. The van der Waals surface area contributed by atoms with Crippen LogP contribution in [0.15, 0.2) is 12.2 Å². The van der Waals surface area contributed by atoms with Gasteiger partial charge in [0, 0.05) is 5.92 Å². The van der Waals surface area contributed by atoms with Crippen molar-refractivity contribution in [1.29, 1.82) is 0 Å². The van der Waals surface area contributed by atoms with E-state index in [0.29, 0.717) is 5.92 Å². The van der Waals surface area contributed by atoms with Crippen LogP contribution in [0.3, 0.4) is 0 Å². The van der Waals surface area contributed by atoms with Gasteiger partial charge in [0.2, 0.25) is 0 Å². The summed E-state index contributed by atoms with van der Waals surface area (Å²) in [5.74, 6) is 0.703. The molecule has 2 fully saturated rings. The molecule has 0 spiro atoms. The van der Waals surface area contributed by atoms with E-state index in [4.69, 9.17) is 0 Å². The molecule has 2 heteroatoms. The van der Waals surface area contributed by atoms with Crippen LogP contribution in [0.4, 0.5) is 0 Å². The van der Waals surface area contributed by atoms with E-state index in [9.17, 15) is 10.2 Å². The molecule has 4 unspecified atom stereocenters. The summed E-state index contributed by atoms with van der Waals surface area (Å²) in [7, 11) is 0. The summed E-state index contributed by atoms with van der Waals surface area (Å²) in [6.45, 7) is 11.0. The van der Waals surface area contributed by atoms with Crippen LogP contribution in [-0.4, -0.2) is 22.9 Å². The van der Waals surface area contributed by atoms with Gasteiger partial charge in [0.15, 0.2) is 0 Å². The lowest BCUT2D eigenvalue weighted by Gasteiger charge is -2.59. The predicted molar refractivity (Wildman–Crippen MR) is 69.6 cm³/mol. The lowest BCUT2D eigenvalue weighted by molar-refractivity contribution is -0.130. The van der Waals surface area contributed by atoms with Crippen molar-refractivity contribution >= 4 is 0 Å². The molecule has 17 heavy (non-hydrogen) atoms. The Hall–Kier alpha value is -0.340. The minimum atomic E-state index is -0.203. The molecule has 2 nitrogen and oxygen atoms in total. The van der Waals surface area contributed by atoms with Crippen molar-refractivity contribution in [2.24, 2.45) is 22.7 Å². The van der Waals surface area contributed by atoms with Crippen LogP contribution >= 0.6 is 0 Å². The van der Waals surface area contributed by atoms with Gasteiger partial charge in [-0.15, -0.1) is 0 Å². The molecule has 2 rings (SSSR count). The van der Waals surface area contributed by atoms with Crippen molar-refractivity contribution in [1.82, 2.24) is 0 Å². The van der Waals surface area contributed by atoms with Gasteiger partial charge in [-0.3, -0.25) is 0 Å². The van der Waals surface area contributed by atoms with Crippen LogP contribution in [0.5, 0.6) is 0 Å². The monoisotopic (exact) mass is 238 g/mol. The largest absolute Gasteiger partial charge is 0.396 e. The zero-order valence-corrected chi connectivity index (χ0v) is 11.4. The highest BCUT2D eigenvalue weighted by Gasteiger charge is 2.55. The van der Waals surface area contributed by atoms with Crippen LogP contribution in [0.2, 0.25) is 0 Å². The number of hydrogen-bond acceptors (Lipinski definition) is 2. The van der Waals surface area contributed by atoms with Crippen molar-refractivity contribution in [3.8, 4) is 0 Å². The molecular weight excluding hydrogens is 212 g/mol. The van der Waals surface area contributed by atoms with Crippen molar-refractivity contribution in [2.75, 3.05) is 6.61 Å². The number of hydrogen-bond donors (Lipinski definition) is 2. The van der Waals surface area contributed by atoms with Gasteiger partial charge in [-0.1, -0.05) is 32.9 Å². The topological polar surface area (TPSA) is 40.5 Å². The molecule has 0 aromatic heterocycles. The minimum absolute atomic E-state index is 0.0406. The van der Waals surface area contributed by atoms with Gasteiger partial charge in [-0.2, -0.15) is 0 Å². The van der Waals surface area contributed by atoms with Crippen molar-refractivity contribution in [3.63, 3.8) is 0 Å². The summed E-state index contributed by atoms with van der Waals surface area (Å²) in [5, 5.41) is 19.9. The summed E-state index contributed by atoms with van der Waals surface area (Å²) >= 11 is 0. The molecule has 0 heterocycles. The van der Waals surface area contributed by atoms with Crippen LogP contribution < -0.4 is 0 Å². The van der Waals surface area contributed by atoms with Crippen molar-refractivity contribution in [3.05, 3.63) is 12.2 Å². The Bertz CT molecular complexity index is 321. The maximum Gasteiger partial charge on any atom is 0.0594 e. The van der Waals surface area contributed by atoms with Gasteiger partial charge in [0.1, 0.15) is 0 Å². The molecule has 98 valence electrons. The van der Waals surface area contributed by atoms with Crippen LogP contribution in [0.25, 0.3) is 0 Å². The first-order chi connectivity index (χ1) is 7.84. The second kappa shape index (κ2) is 4.10. The normalized spacial score (nSPS) is 45.5. The van der Waals surface area contributed by atoms with E-state index < -0.39 is 0 Å². The average molecular weight is 238 g/mol. The number of aliphatic hydroxyl groups is 2. The van der Waals surface area contributed by atoms with Crippen molar-refractivity contribution < 1.29 is 10.2 Å². The summed E-state index contributed by atoms with van der Waals surface area (Å²) in [5.41, 5.74) is 1.28. The number of aliphatic hydroxyl groups excluding tert-OH is 2. The molecule has 2 aliphatic carbocycles. The van der Waals surface area contributed by atoms with E-state index in [1.165, 1.54) is 5.57 Å². The highest BCUT2D eigenvalue weighted by Crippen LogP contribution is 2.60. The third-order valence-electron chi connectivity index (χ3n) is 5.73. The molecule has 0 radical (unpaired) electrons. The van der Waals surface area contributed by atoms with Crippen LogP contribution in [0.1, 0.15) is 46.5 Å². The van der Waals surface area contributed by atoms with Gasteiger partial charge in [0.05, 0.1) is 12.7 Å². The standard InChI is InChI=1S/C15H26O2/c1-10-5-6-12-14(2,3)13(17)7-8-15(12,4)11(10)9-16/h11-13,16-17H,1,5-9H2,2-4H3. The van der Waals surface area contributed by atoms with E-state index in [2.05, 4.69) is 27.4 Å². The molecule has 0 saturated heterocycles. The Morgan fingerprint density at radius 3 is 2.53 bits per heavy atom. The van der Waals surface area contributed by atoms with Gasteiger partial charge in [-0.25, -0.2) is 0 Å².